The van der Waals surface area contributed by atoms with E-state index in [4.69, 9.17) is 65.0 Å². The average molecular weight is 648 g/mol. The van der Waals surface area contributed by atoms with E-state index in [1.807, 2.05) is 30.5 Å². The molecule has 0 fully saturated rings. The van der Waals surface area contributed by atoms with Crippen molar-refractivity contribution in [2.45, 2.75) is 50.4 Å². The van der Waals surface area contributed by atoms with Gasteiger partial charge in [0.25, 0.3) is 0 Å². The number of aliphatic imine (C=N–C) groups is 1. The third-order valence-corrected chi connectivity index (χ3v) is 4.79. The monoisotopic (exact) mass is 647 g/mol. The SMILES string of the molecule is CC(N)C(=O)O.NC(CO)C(=O)O.NC(Cc1c[nH]c2ccccc12)C(=O)O.NC(N)=NCCCC(N)C(=O)O.NCC(=O)O. The Morgan fingerprint density at radius 3 is 1.64 bits per heavy atom. The molecule has 0 aliphatic heterocycles. The van der Waals surface area contributed by atoms with Crippen molar-refractivity contribution in [2.24, 2.45) is 45.1 Å². The highest BCUT2D eigenvalue weighted by atomic mass is 16.4. The minimum atomic E-state index is -1.18. The molecule has 0 spiro atoms. The zero-order chi connectivity index (χ0) is 35.7. The quantitative estimate of drug-likeness (QED) is 0.0601. The zero-order valence-corrected chi connectivity index (χ0v) is 24.7. The van der Waals surface area contributed by atoms with Gasteiger partial charge >= 0.3 is 29.8 Å². The van der Waals surface area contributed by atoms with Crippen LogP contribution in [0.1, 0.15) is 25.3 Å². The van der Waals surface area contributed by atoms with Gasteiger partial charge in [0.15, 0.2) is 5.96 Å². The number of nitrogens with two attached hydrogens (primary N) is 7. The fraction of sp³-hybridized carbons (Fsp3) is 0.440. The largest absolute Gasteiger partial charge is 0.480 e. The van der Waals surface area contributed by atoms with Crippen LogP contribution in [-0.4, -0.2) is 115 Å². The molecule has 0 aliphatic rings. The Morgan fingerprint density at radius 2 is 1.29 bits per heavy atom. The third-order valence-electron chi connectivity index (χ3n) is 4.79. The van der Waals surface area contributed by atoms with Gasteiger partial charge in [-0.1, -0.05) is 18.2 Å². The van der Waals surface area contributed by atoms with Gasteiger partial charge in [0.05, 0.1) is 13.2 Å². The Kier molecular flexibility index (Phi) is 25.4. The van der Waals surface area contributed by atoms with Gasteiger partial charge in [-0.25, -0.2) is 0 Å². The molecule has 1 aromatic carbocycles. The molecular formula is C25H45N9O11. The number of rotatable bonds is 12. The number of carboxylic acids is 5. The maximum absolute atomic E-state index is 10.6. The molecule has 1 aromatic heterocycles. The van der Waals surface area contributed by atoms with Gasteiger partial charge in [-0.05, 0) is 31.4 Å². The lowest BCUT2D eigenvalue weighted by Gasteiger charge is -2.04. The summed E-state index contributed by atoms with van der Waals surface area (Å²) in [6.07, 6.45) is 3.12. The van der Waals surface area contributed by atoms with Crippen molar-refractivity contribution in [1.29, 1.82) is 0 Å². The van der Waals surface area contributed by atoms with Crippen LogP contribution in [0.2, 0.25) is 0 Å². The zero-order valence-electron chi connectivity index (χ0n) is 24.7. The third kappa shape index (κ3) is 25.4. The number of nitrogens with one attached hydrogen (secondary N) is 1. The van der Waals surface area contributed by atoms with Crippen molar-refractivity contribution in [2.75, 3.05) is 19.7 Å². The summed E-state index contributed by atoms with van der Waals surface area (Å²) in [6, 6.07) is 4.24. The first-order chi connectivity index (χ1) is 20.8. The first-order valence-electron chi connectivity index (χ1n) is 12.9. The van der Waals surface area contributed by atoms with E-state index < -0.39 is 60.6 Å². The second-order valence-electron chi connectivity index (χ2n) is 8.75. The van der Waals surface area contributed by atoms with Crippen LogP contribution in [0.5, 0.6) is 0 Å². The van der Waals surface area contributed by atoms with E-state index in [0.717, 1.165) is 16.5 Å². The fourth-order valence-electron chi connectivity index (χ4n) is 2.35. The van der Waals surface area contributed by atoms with Crippen molar-refractivity contribution < 1.29 is 54.6 Å². The summed E-state index contributed by atoms with van der Waals surface area (Å²) in [7, 11) is 0. The number of guanidine groups is 1. The van der Waals surface area contributed by atoms with E-state index in [1.54, 1.807) is 0 Å². The molecule has 256 valence electrons. The number of aliphatic carboxylic acids is 5. The van der Waals surface area contributed by atoms with Crippen molar-refractivity contribution in [3.8, 4) is 0 Å². The summed E-state index contributed by atoms with van der Waals surface area (Å²) in [4.78, 5) is 56.1. The van der Waals surface area contributed by atoms with Crippen LogP contribution in [0, 0.1) is 0 Å². The maximum Gasteiger partial charge on any atom is 0.322 e. The van der Waals surface area contributed by atoms with E-state index >= 15 is 0 Å². The van der Waals surface area contributed by atoms with Gasteiger partial charge in [-0.3, -0.25) is 29.0 Å². The standard InChI is InChI=1S/C11H12N2O2.C6H14N4O2.C3H7NO3.C3H7NO2.C2H5NO2/c12-9(11(14)15)5-7-6-13-10-4-2-1-3-8(7)10;7-4(5(11)12)2-1-3-10-6(8)9;4-2(1-5)3(6)7;1-2(4)3(5)6;3-1-2(4)5/h1-4,6,9,13H,5,12H2,(H,14,15);4H,1-3,7H2,(H,11,12)(H4,8,9,10);2,5H,1,4H2,(H,6,7);2H,4H2,1H3,(H,5,6);1,3H2,(H,4,5). The van der Waals surface area contributed by atoms with E-state index in [-0.39, 0.29) is 12.5 Å². The fourth-order valence-corrected chi connectivity index (χ4v) is 2.35. The molecule has 0 radical (unpaired) electrons. The number of para-hydroxylation sites is 1. The molecule has 2 aromatic rings. The highest BCUT2D eigenvalue weighted by Gasteiger charge is 2.14. The van der Waals surface area contributed by atoms with Crippen LogP contribution in [0.25, 0.3) is 10.9 Å². The molecule has 4 atom stereocenters. The summed E-state index contributed by atoms with van der Waals surface area (Å²) in [5, 5.41) is 49.5. The first-order valence-corrected chi connectivity index (χ1v) is 12.9. The number of aliphatic hydroxyl groups excluding tert-OH is 1. The molecule has 0 saturated heterocycles. The second-order valence-corrected chi connectivity index (χ2v) is 8.75. The number of nitrogens with zero attached hydrogens (tertiary/aromatic N) is 1. The van der Waals surface area contributed by atoms with Crippen molar-refractivity contribution in [1.82, 2.24) is 4.98 Å². The topological polar surface area (TPSA) is 417 Å². The van der Waals surface area contributed by atoms with E-state index in [2.05, 4.69) is 15.7 Å². The molecular weight excluding hydrogens is 602 g/mol. The second kappa shape index (κ2) is 25.6. The Morgan fingerprint density at radius 1 is 0.822 bits per heavy atom. The number of aromatic amines is 1. The Balaban J connectivity index is -0.000000526. The molecule has 0 saturated carbocycles. The number of hydrogen-bond acceptors (Lipinski definition) is 12. The number of carbonyl (C=O) groups is 5. The molecule has 0 aliphatic carbocycles. The van der Waals surface area contributed by atoms with Gasteiger partial charge < -0.3 is 75.8 Å². The molecule has 0 bridgehead atoms. The predicted octanol–water partition coefficient (Wildman–Crippen LogP) is -3.59. The first kappa shape index (κ1) is 44.6. The van der Waals surface area contributed by atoms with Gasteiger partial charge in [0.1, 0.15) is 24.2 Å². The molecule has 1 heterocycles. The molecule has 20 heteroatoms. The molecule has 2 rings (SSSR count). The van der Waals surface area contributed by atoms with Crippen LogP contribution in [-0.2, 0) is 30.4 Å². The number of carboxylic acid groups (broad SMARTS) is 5. The molecule has 21 N–H and O–H groups in total. The van der Waals surface area contributed by atoms with Gasteiger partial charge in [0, 0.05) is 30.1 Å². The van der Waals surface area contributed by atoms with Gasteiger partial charge in [-0.2, -0.15) is 0 Å². The Bertz CT molecular complexity index is 1200. The lowest BCUT2D eigenvalue weighted by Crippen LogP contribution is -2.33. The van der Waals surface area contributed by atoms with Crippen LogP contribution < -0.4 is 40.1 Å². The lowest BCUT2D eigenvalue weighted by molar-refractivity contribution is -0.140. The Hall–Kier alpha value is -4.86. The summed E-state index contributed by atoms with van der Waals surface area (Å²) in [6.45, 7) is 1.06. The van der Waals surface area contributed by atoms with Crippen molar-refractivity contribution >= 4 is 46.7 Å². The van der Waals surface area contributed by atoms with Crippen molar-refractivity contribution in [3.05, 3.63) is 36.0 Å². The van der Waals surface area contributed by atoms with Gasteiger partial charge in [-0.15, -0.1) is 0 Å². The average Bonchev–Trinajstić information content (AvgIpc) is 3.38. The van der Waals surface area contributed by atoms with Crippen LogP contribution in [0.3, 0.4) is 0 Å². The normalized spacial score (nSPS) is 12.2. The summed E-state index contributed by atoms with van der Waals surface area (Å²) >= 11 is 0. The minimum Gasteiger partial charge on any atom is -0.480 e. The summed E-state index contributed by atoms with van der Waals surface area (Å²) < 4.78 is 0. The molecule has 45 heavy (non-hydrogen) atoms. The summed E-state index contributed by atoms with van der Waals surface area (Å²) in [5.41, 5.74) is 36.9. The number of H-pyrrole nitrogens is 1. The number of aromatic nitrogens is 1. The van der Waals surface area contributed by atoms with Crippen LogP contribution >= 0.6 is 0 Å². The highest BCUT2D eigenvalue weighted by Crippen LogP contribution is 2.18. The minimum absolute atomic E-state index is 0.0129. The van der Waals surface area contributed by atoms with E-state index in [1.165, 1.54) is 6.92 Å². The number of hydrogen-bond donors (Lipinski definition) is 14. The molecule has 4 unspecified atom stereocenters. The smallest absolute Gasteiger partial charge is 0.322 e. The van der Waals surface area contributed by atoms with Crippen molar-refractivity contribution in [3.63, 3.8) is 0 Å². The number of fused-ring (bicyclic) bond motifs is 1. The lowest BCUT2D eigenvalue weighted by atomic mass is 10.1. The van der Waals surface area contributed by atoms with E-state index in [9.17, 15) is 24.0 Å². The van der Waals surface area contributed by atoms with Crippen LogP contribution in [0.4, 0.5) is 0 Å². The highest BCUT2D eigenvalue weighted by molar-refractivity contribution is 5.84. The molecule has 20 nitrogen and oxygen atoms in total. The van der Waals surface area contributed by atoms with E-state index in [0.29, 0.717) is 25.8 Å². The Labute approximate surface area is 257 Å². The predicted molar refractivity (Wildman–Crippen MR) is 164 cm³/mol. The summed E-state index contributed by atoms with van der Waals surface area (Å²) in [5.74, 6) is -5.07. The molecule has 0 amide bonds. The maximum atomic E-state index is 10.6. The number of aliphatic hydroxyl groups is 1. The van der Waals surface area contributed by atoms with Crippen LogP contribution in [0.15, 0.2) is 35.5 Å². The van der Waals surface area contributed by atoms with Gasteiger partial charge in [0.2, 0.25) is 0 Å². The number of benzene rings is 1.